The van der Waals surface area contributed by atoms with E-state index in [0.29, 0.717) is 0 Å². The van der Waals surface area contributed by atoms with E-state index in [1.807, 2.05) is 18.2 Å². The van der Waals surface area contributed by atoms with Crippen molar-refractivity contribution < 1.29 is 14.7 Å². The fourth-order valence-electron chi connectivity index (χ4n) is 1.88. The topological polar surface area (TPSA) is 70.2 Å². The van der Waals surface area contributed by atoms with E-state index in [0.717, 1.165) is 20.9 Å². The number of fused-ring (bicyclic) bond motifs is 1. The van der Waals surface area contributed by atoms with Crippen molar-refractivity contribution in [1.29, 1.82) is 0 Å². The van der Waals surface area contributed by atoms with Crippen LogP contribution < -0.4 is 0 Å². The molecule has 19 heavy (non-hydrogen) atoms. The first-order valence-corrected chi connectivity index (χ1v) is 6.96. The van der Waals surface area contributed by atoms with E-state index in [-0.39, 0.29) is 18.6 Å². The summed E-state index contributed by atoms with van der Waals surface area (Å²) in [5.41, 5.74) is 1.82. The number of Topliss-reactive ketones (excluding diaryl/α,β-unsaturated/α-hetero) is 1. The van der Waals surface area contributed by atoms with Crippen LogP contribution in [0.4, 0.5) is 0 Å². The lowest BCUT2D eigenvalue weighted by Crippen LogP contribution is -2.19. The third kappa shape index (κ3) is 3.39. The minimum Gasteiger partial charge on any atom is -0.480 e. The molecule has 100 valence electrons. The smallest absolute Gasteiger partial charge is 0.316 e. The number of carboxylic acids is 1. The Balaban J connectivity index is 2.15. The van der Waals surface area contributed by atoms with Gasteiger partial charge in [0, 0.05) is 34.4 Å². The van der Waals surface area contributed by atoms with Crippen molar-refractivity contribution in [3.05, 3.63) is 34.4 Å². The van der Waals surface area contributed by atoms with Crippen LogP contribution in [-0.2, 0) is 16.0 Å². The minimum absolute atomic E-state index is 0.0703. The number of carboxylic acid groups (broad SMARTS) is 1. The van der Waals surface area contributed by atoms with Gasteiger partial charge in [-0.25, -0.2) is 0 Å². The summed E-state index contributed by atoms with van der Waals surface area (Å²) in [6, 6.07) is 5.77. The van der Waals surface area contributed by atoms with E-state index >= 15 is 0 Å². The summed E-state index contributed by atoms with van der Waals surface area (Å²) in [5.74, 6) is -1.21. The Kier molecular flexibility index (Phi) is 4.31. The van der Waals surface area contributed by atoms with E-state index < -0.39 is 11.2 Å². The van der Waals surface area contributed by atoms with Gasteiger partial charge >= 0.3 is 5.97 Å². The van der Waals surface area contributed by atoms with Crippen LogP contribution in [0.25, 0.3) is 10.9 Å². The zero-order valence-corrected chi connectivity index (χ0v) is 12.4. The number of hydrogen-bond donors (Lipinski definition) is 3. The van der Waals surface area contributed by atoms with E-state index in [4.69, 9.17) is 5.11 Å². The molecule has 0 spiro atoms. The highest BCUT2D eigenvalue weighted by Crippen LogP contribution is 2.23. The molecule has 1 aromatic heterocycles. The van der Waals surface area contributed by atoms with Crippen molar-refractivity contribution in [2.24, 2.45) is 0 Å². The molecule has 0 amide bonds. The number of aromatic amines is 1. The third-order valence-electron chi connectivity index (χ3n) is 2.82. The quantitative estimate of drug-likeness (QED) is 0.732. The molecule has 0 saturated carbocycles. The number of carbonyl (C=O) groups excluding carboxylic acids is 1. The predicted molar refractivity (Wildman–Crippen MR) is 79.7 cm³/mol. The molecule has 2 aromatic rings. The van der Waals surface area contributed by atoms with Gasteiger partial charge in [-0.3, -0.25) is 9.59 Å². The molecule has 2 N–H and O–H groups in total. The Morgan fingerprint density at radius 1 is 1.42 bits per heavy atom. The molecule has 1 atom stereocenters. The number of thiol groups is 1. The Morgan fingerprint density at radius 3 is 2.84 bits per heavy atom. The second-order valence-electron chi connectivity index (χ2n) is 4.28. The molecular weight excluding hydrogens is 330 g/mol. The number of aliphatic carboxylic acids is 1. The molecule has 2 rings (SSSR count). The van der Waals surface area contributed by atoms with Gasteiger partial charge in [-0.1, -0.05) is 15.9 Å². The van der Waals surface area contributed by atoms with Crippen LogP contribution in [0.1, 0.15) is 12.0 Å². The van der Waals surface area contributed by atoms with E-state index in [1.54, 1.807) is 6.20 Å². The maximum atomic E-state index is 11.8. The Hall–Kier alpha value is -1.27. The lowest BCUT2D eigenvalue weighted by molar-refractivity contribution is -0.137. The highest BCUT2D eigenvalue weighted by Gasteiger charge is 2.18. The average Bonchev–Trinajstić information content (AvgIpc) is 2.71. The maximum absolute atomic E-state index is 11.8. The highest BCUT2D eigenvalue weighted by molar-refractivity contribution is 9.10. The van der Waals surface area contributed by atoms with Crippen LogP contribution in [0.15, 0.2) is 28.9 Å². The zero-order chi connectivity index (χ0) is 14.0. The number of rotatable bonds is 5. The minimum atomic E-state index is -1.07. The number of ketones is 1. The van der Waals surface area contributed by atoms with Crippen molar-refractivity contribution in [2.75, 3.05) is 0 Å². The first-order chi connectivity index (χ1) is 8.97. The van der Waals surface area contributed by atoms with Crippen molar-refractivity contribution in [1.82, 2.24) is 4.98 Å². The summed E-state index contributed by atoms with van der Waals surface area (Å²) in [4.78, 5) is 25.6. The van der Waals surface area contributed by atoms with Gasteiger partial charge in [0.05, 0.1) is 0 Å². The highest BCUT2D eigenvalue weighted by atomic mass is 79.9. The zero-order valence-electron chi connectivity index (χ0n) is 9.89. The number of carbonyl (C=O) groups is 2. The molecule has 4 nitrogen and oxygen atoms in total. The molecule has 0 aliphatic carbocycles. The predicted octanol–water partition coefficient (Wildman–Crippen LogP) is 2.82. The monoisotopic (exact) mass is 341 g/mol. The molecule has 6 heteroatoms. The first-order valence-electron chi connectivity index (χ1n) is 5.65. The number of H-pyrrole nitrogens is 1. The first kappa shape index (κ1) is 14.1. The van der Waals surface area contributed by atoms with Crippen molar-refractivity contribution in [3.8, 4) is 0 Å². The van der Waals surface area contributed by atoms with Crippen LogP contribution in [0.2, 0.25) is 0 Å². The lowest BCUT2D eigenvalue weighted by Gasteiger charge is -2.04. The van der Waals surface area contributed by atoms with Gasteiger partial charge in [0.2, 0.25) is 0 Å². The molecule has 0 fully saturated rings. The molecule has 0 aliphatic heterocycles. The Morgan fingerprint density at radius 2 is 2.16 bits per heavy atom. The Labute approximate surface area is 123 Å². The third-order valence-corrected chi connectivity index (χ3v) is 3.72. The van der Waals surface area contributed by atoms with Crippen LogP contribution in [0.3, 0.4) is 0 Å². The normalized spacial score (nSPS) is 12.5. The molecular formula is C13H12BrNO3S. The lowest BCUT2D eigenvalue weighted by atomic mass is 10.0. The van der Waals surface area contributed by atoms with E-state index in [9.17, 15) is 9.59 Å². The molecule has 1 heterocycles. The Bertz CT molecular complexity index is 638. The van der Waals surface area contributed by atoms with Gasteiger partial charge in [-0.05, 0) is 23.8 Å². The SMILES string of the molecule is O=C(Cc1c[nH]c2ccc(Br)cc12)CC(S)C(=O)O. The standard InChI is InChI=1S/C13H12BrNO3S/c14-8-1-2-11-10(4-8)7(6-15-11)3-9(16)5-12(19)13(17)18/h1-2,4,6,12,15,19H,3,5H2,(H,17,18). The fourth-order valence-corrected chi connectivity index (χ4v) is 2.45. The largest absolute Gasteiger partial charge is 0.480 e. The summed E-state index contributed by atoms with van der Waals surface area (Å²) in [5, 5.41) is 8.75. The molecule has 1 aromatic carbocycles. The van der Waals surface area contributed by atoms with Gasteiger partial charge in [0.1, 0.15) is 11.0 Å². The number of benzene rings is 1. The second-order valence-corrected chi connectivity index (χ2v) is 5.82. The van der Waals surface area contributed by atoms with Crippen LogP contribution in [-0.4, -0.2) is 27.1 Å². The van der Waals surface area contributed by atoms with Crippen molar-refractivity contribution in [2.45, 2.75) is 18.1 Å². The molecule has 0 bridgehead atoms. The van der Waals surface area contributed by atoms with E-state index in [2.05, 4.69) is 33.5 Å². The number of halogens is 1. The van der Waals surface area contributed by atoms with Crippen LogP contribution in [0.5, 0.6) is 0 Å². The van der Waals surface area contributed by atoms with Crippen molar-refractivity contribution in [3.63, 3.8) is 0 Å². The summed E-state index contributed by atoms with van der Waals surface area (Å²) in [7, 11) is 0. The van der Waals surface area contributed by atoms with Gasteiger partial charge in [-0.15, -0.1) is 0 Å². The van der Waals surface area contributed by atoms with E-state index in [1.165, 1.54) is 0 Å². The number of nitrogens with one attached hydrogen (secondary N) is 1. The van der Waals surface area contributed by atoms with Crippen LogP contribution >= 0.6 is 28.6 Å². The molecule has 0 aliphatic rings. The van der Waals surface area contributed by atoms with Crippen LogP contribution in [0, 0.1) is 0 Å². The van der Waals surface area contributed by atoms with Crippen molar-refractivity contribution >= 4 is 51.2 Å². The average molecular weight is 342 g/mol. The molecule has 0 radical (unpaired) electrons. The van der Waals surface area contributed by atoms with Gasteiger partial charge in [-0.2, -0.15) is 12.6 Å². The fraction of sp³-hybridized carbons (Fsp3) is 0.231. The molecule has 0 saturated heterocycles. The van der Waals surface area contributed by atoms with Gasteiger partial charge in [0.15, 0.2) is 0 Å². The van der Waals surface area contributed by atoms with Gasteiger partial charge < -0.3 is 10.1 Å². The number of aromatic nitrogens is 1. The summed E-state index contributed by atoms with van der Waals surface area (Å²) in [6.45, 7) is 0. The molecule has 1 unspecified atom stereocenters. The summed E-state index contributed by atoms with van der Waals surface area (Å²) >= 11 is 7.26. The summed E-state index contributed by atoms with van der Waals surface area (Å²) < 4.78 is 0.936. The number of hydrogen-bond acceptors (Lipinski definition) is 3. The second kappa shape index (κ2) is 5.79. The summed E-state index contributed by atoms with van der Waals surface area (Å²) in [6.07, 6.45) is 1.92. The van der Waals surface area contributed by atoms with Gasteiger partial charge in [0.25, 0.3) is 0 Å². The maximum Gasteiger partial charge on any atom is 0.316 e.